The molecule has 0 amide bonds. The summed E-state index contributed by atoms with van der Waals surface area (Å²) < 4.78 is 6.91. The summed E-state index contributed by atoms with van der Waals surface area (Å²) in [7, 11) is 0. The molecule has 8 nitrogen and oxygen atoms in total. The van der Waals surface area contributed by atoms with Crippen LogP contribution in [0, 0.1) is 0 Å². The number of aliphatic imine (C=N–C) groups is 2. The van der Waals surface area contributed by atoms with Gasteiger partial charge in [-0.1, -0.05) is 0 Å². The molecule has 0 aliphatic carbocycles. The van der Waals surface area contributed by atoms with Crippen molar-refractivity contribution in [1.82, 2.24) is 9.55 Å². The Morgan fingerprint density at radius 3 is 3.00 bits per heavy atom. The van der Waals surface area contributed by atoms with Crippen molar-refractivity contribution in [1.29, 1.82) is 0 Å². The van der Waals surface area contributed by atoms with Crippen LogP contribution in [0.3, 0.4) is 0 Å². The van der Waals surface area contributed by atoms with Gasteiger partial charge in [0, 0.05) is 0 Å². The molecule has 0 spiro atoms. The molecule has 2 aliphatic heterocycles. The lowest BCUT2D eigenvalue weighted by molar-refractivity contribution is -0.0520. The van der Waals surface area contributed by atoms with E-state index in [0.29, 0.717) is 18.1 Å². The summed E-state index contributed by atoms with van der Waals surface area (Å²) >= 11 is 0. The first-order valence-corrected chi connectivity index (χ1v) is 5.52. The van der Waals surface area contributed by atoms with Crippen LogP contribution in [-0.4, -0.2) is 55.8 Å². The molecular formula is C10H12N4O4. The predicted molar refractivity (Wildman–Crippen MR) is 58.5 cm³/mol. The number of ether oxygens (including phenoxy) is 1. The smallest absolute Gasteiger partial charge is 0.171 e. The van der Waals surface area contributed by atoms with Crippen LogP contribution < -0.4 is 0 Å². The van der Waals surface area contributed by atoms with Crippen molar-refractivity contribution in [3.05, 3.63) is 12.0 Å². The molecule has 3 N–H and O–H groups in total. The Morgan fingerprint density at radius 2 is 2.28 bits per heavy atom. The van der Waals surface area contributed by atoms with Gasteiger partial charge in [0.2, 0.25) is 0 Å². The van der Waals surface area contributed by atoms with E-state index in [4.69, 9.17) is 9.84 Å². The summed E-state index contributed by atoms with van der Waals surface area (Å²) in [5.41, 5.74) is 0.659. The standard InChI is InChI=1S/C10H12N4O4/c15-2-6-7(16)8(17)10(18-6)14-4-13-5-1-11-3-12-9(5)14/h4,6-8,10,15-17H,1-2H2/t6-,7+,8-,10-/m1/s1. The quantitative estimate of drug-likeness (QED) is 0.613. The van der Waals surface area contributed by atoms with E-state index in [-0.39, 0.29) is 6.61 Å². The Bertz CT molecular complexity index is 522. The molecule has 0 unspecified atom stereocenters. The fraction of sp³-hybridized carbons (Fsp3) is 0.600. The molecule has 0 aromatic carbocycles. The topological polar surface area (TPSA) is 112 Å². The average Bonchev–Trinajstić information content (AvgIpc) is 2.93. The summed E-state index contributed by atoms with van der Waals surface area (Å²) in [6.07, 6.45) is -2.45. The number of fused-ring (bicyclic) bond motifs is 1. The van der Waals surface area contributed by atoms with Crippen molar-refractivity contribution in [2.24, 2.45) is 9.98 Å². The molecule has 8 heteroatoms. The van der Waals surface area contributed by atoms with Crippen LogP contribution in [0.2, 0.25) is 0 Å². The summed E-state index contributed by atoms with van der Waals surface area (Å²) in [4.78, 5) is 11.9. The van der Waals surface area contributed by atoms with Gasteiger partial charge in [-0.3, -0.25) is 4.57 Å². The van der Waals surface area contributed by atoms with E-state index in [1.165, 1.54) is 10.9 Å². The molecule has 0 radical (unpaired) electrons. The Kier molecular flexibility index (Phi) is 2.73. The van der Waals surface area contributed by atoms with Gasteiger partial charge in [-0.2, -0.15) is 4.99 Å². The summed E-state index contributed by atoms with van der Waals surface area (Å²) in [5.74, 6) is 0.500. The van der Waals surface area contributed by atoms with Crippen molar-refractivity contribution in [3.63, 3.8) is 0 Å². The second kappa shape index (κ2) is 4.27. The minimum atomic E-state index is -1.14. The third-order valence-corrected chi connectivity index (χ3v) is 3.09. The maximum Gasteiger partial charge on any atom is 0.171 e. The monoisotopic (exact) mass is 252 g/mol. The third-order valence-electron chi connectivity index (χ3n) is 3.09. The number of aliphatic hydroxyl groups is 3. The lowest BCUT2D eigenvalue weighted by Crippen LogP contribution is -2.33. The first-order chi connectivity index (χ1) is 8.72. The SMILES string of the molecule is OC[C@H]1O[C@@H](n2cnc3c2N=C=NC3)[C@H](O)[C@H]1O. The van der Waals surface area contributed by atoms with Crippen LogP contribution in [0.1, 0.15) is 11.9 Å². The zero-order valence-corrected chi connectivity index (χ0v) is 9.34. The molecular weight excluding hydrogens is 240 g/mol. The van der Waals surface area contributed by atoms with Gasteiger partial charge in [0.15, 0.2) is 12.0 Å². The van der Waals surface area contributed by atoms with E-state index in [2.05, 4.69) is 21.0 Å². The first-order valence-electron chi connectivity index (χ1n) is 5.52. The Morgan fingerprint density at radius 1 is 1.44 bits per heavy atom. The molecule has 0 bridgehead atoms. The largest absolute Gasteiger partial charge is 0.394 e. The predicted octanol–water partition coefficient (Wildman–Crippen LogP) is -1.19. The van der Waals surface area contributed by atoms with Gasteiger partial charge in [0.05, 0.1) is 25.5 Å². The first kappa shape index (κ1) is 11.5. The fourth-order valence-corrected chi connectivity index (χ4v) is 2.12. The number of aromatic nitrogens is 2. The third kappa shape index (κ3) is 1.59. The molecule has 3 rings (SSSR count). The lowest BCUT2D eigenvalue weighted by atomic mass is 10.1. The molecule has 4 atom stereocenters. The minimum absolute atomic E-state index is 0.365. The van der Waals surface area contributed by atoms with Crippen molar-refractivity contribution in [2.45, 2.75) is 31.1 Å². The highest BCUT2D eigenvalue weighted by atomic mass is 16.6. The summed E-state index contributed by atoms with van der Waals surface area (Å²) in [6, 6.07) is 2.48. The van der Waals surface area contributed by atoms with E-state index in [0.717, 1.165) is 0 Å². The van der Waals surface area contributed by atoms with Crippen LogP contribution in [0.15, 0.2) is 16.3 Å². The Hall–Kier alpha value is -1.57. The maximum absolute atomic E-state index is 9.91. The second-order valence-electron chi connectivity index (χ2n) is 4.18. The minimum Gasteiger partial charge on any atom is -0.394 e. The van der Waals surface area contributed by atoms with Crippen molar-refractivity contribution < 1.29 is 20.1 Å². The molecule has 1 fully saturated rings. The van der Waals surface area contributed by atoms with Gasteiger partial charge in [-0.25, -0.2) is 9.98 Å². The highest BCUT2D eigenvalue weighted by Gasteiger charge is 2.44. The number of aliphatic hydroxyl groups excluding tert-OH is 3. The summed E-state index contributed by atoms with van der Waals surface area (Å²) in [5, 5.41) is 28.6. The van der Waals surface area contributed by atoms with E-state index in [1.807, 2.05) is 0 Å². The number of rotatable bonds is 2. The van der Waals surface area contributed by atoms with Crippen LogP contribution in [0.4, 0.5) is 5.82 Å². The molecule has 1 aromatic heterocycles. The molecule has 3 heterocycles. The summed E-state index contributed by atoms with van der Waals surface area (Å²) in [6.45, 7) is 0.0109. The molecule has 1 aromatic rings. The van der Waals surface area contributed by atoms with Crippen molar-refractivity contribution in [2.75, 3.05) is 6.61 Å². The molecule has 0 saturated carbocycles. The van der Waals surface area contributed by atoms with Crippen molar-refractivity contribution in [3.8, 4) is 0 Å². The van der Waals surface area contributed by atoms with E-state index in [9.17, 15) is 10.2 Å². The number of hydrogen-bond donors (Lipinski definition) is 3. The van der Waals surface area contributed by atoms with E-state index >= 15 is 0 Å². The van der Waals surface area contributed by atoms with E-state index in [1.54, 1.807) is 0 Å². The molecule has 18 heavy (non-hydrogen) atoms. The Balaban J connectivity index is 1.95. The zero-order valence-electron chi connectivity index (χ0n) is 9.34. The van der Waals surface area contributed by atoms with Gasteiger partial charge < -0.3 is 20.1 Å². The molecule has 1 saturated heterocycles. The van der Waals surface area contributed by atoms with Crippen LogP contribution in [0.25, 0.3) is 0 Å². The fourth-order valence-electron chi connectivity index (χ4n) is 2.12. The van der Waals surface area contributed by atoms with Gasteiger partial charge in [0.25, 0.3) is 0 Å². The highest BCUT2D eigenvalue weighted by Crippen LogP contribution is 2.34. The van der Waals surface area contributed by atoms with Gasteiger partial charge in [0.1, 0.15) is 24.0 Å². The van der Waals surface area contributed by atoms with E-state index < -0.39 is 24.5 Å². The number of imidazole rings is 1. The number of hydrogen-bond acceptors (Lipinski definition) is 7. The lowest BCUT2D eigenvalue weighted by Gasteiger charge is -2.17. The van der Waals surface area contributed by atoms with Crippen LogP contribution >= 0.6 is 0 Å². The maximum atomic E-state index is 9.91. The molecule has 2 aliphatic rings. The molecule has 96 valence electrons. The zero-order chi connectivity index (χ0) is 12.7. The van der Waals surface area contributed by atoms with Gasteiger partial charge >= 0.3 is 0 Å². The highest BCUT2D eigenvalue weighted by molar-refractivity contribution is 5.55. The van der Waals surface area contributed by atoms with Crippen LogP contribution in [0.5, 0.6) is 0 Å². The van der Waals surface area contributed by atoms with Gasteiger partial charge in [-0.05, 0) is 0 Å². The Labute approximate surface area is 102 Å². The van der Waals surface area contributed by atoms with Gasteiger partial charge in [-0.15, -0.1) is 0 Å². The number of nitrogens with zero attached hydrogens (tertiary/aromatic N) is 4. The average molecular weight is 252 g/mol. The normalized spacial score (nSPS) is 33.9. The van der Waals surface area contributed by atoms with Crippen molar-refractivity contribution >= 4 is 11.8 Å². The van der Waals surface area contributed by atoms with Crippen LogP contribution in [-0.2, 0) is 11.3 Å². The second-order valence-corrected chi connectivity index (χ2v) is 4.18.